The van der Waals surface area contributed by atoms with Crippen molar-refractivity contribution in [2.45, 2.75) is 26.4 Å². The second-order valence-electron chi connectivity index (χ2n) is 6.94. The van der Waals surface area contributed by atoms with Crippen molar-refractivity contribution in [2.24, 2.45) is 0 Å². The number of hydrogen-bond donors (Lipinski definition) is 1. The maximum absolute atomic E-state index is 13.3. The molecule has 1 N–H and O–H groups in total. The van der Waals surface area contributed by atoms with Gasteiger partial charge in [0, 0.05) is 22.0 Å². The van der Waals surface area contributed by atoms with E-state index in [9.17, 15) is 18.0 Å². The summed E-state index contributed by atoms with van der Waals surface area (Å²) >= 11 is 6.76. The van der Waals surface area contributed by atoms with E-state index in [0.29, 0.717) is 16.7 Å². The topological polar surface area (TPSA) is 86.8 Å². The Balaban J connectivity index is 2.40. The SMILES string of the molecule is CCNC(=O)C(C)N(Cc1cccc(Br)c1)C(=O)CN(c1ccccc1Br)S(C)(=O)=O. The molecule has 0 aliphatic carbocycles. The van der Waals surface area contributed by atoms with Crippen molar-refractivity contribution in [1.82, 2.24) is 10.2 Å². The molecular formula is C21H25Br2N3O4S. The van der Waals surface area contributed by atoms with E-state index in [1.165, 1.54) is 4.90 Å². The van der Waals surface area contributed by atoms with Gasteiger partial charge in [0.25, 0.3) is 0 Å². The number of hydrogen-bond acceptors (Lipinski definition) is 4. The van der Waals surface area contributed by atoms with E-state index in [2.05, 4.69) is 37.2 Å². The second kappa shape index (κ2) is 11.1. The van der Waals surface area contributed by atoms with Crippen LogP contribution in [0.1, 0.15) is 19.4 Å². The number of nitrogens with zero attached hydrogens (tertiary/aromatic N) is 2. The summed E-state index contributed by atoms with van der Waals surface area (Å²) in [6, 6.07) is 13.4. The van der Waals surface area contributed by atoms with Gasteiger partial charge in [0.05, 0.1) is 11.9 Å². The maximum Gasteiger partial charge on any atom is 0.244 e. The van der Waals surface area contributed by atoms with Crippen LogP contribution in [0.4, 0.5) is 5.69 Å². The van der Waals surface area contributed by atoms with Crippen LogP contribution in [0.3, 0.4) is 0 Å². The number of halogens is 2. The molecule has 0 aromatic heterocycles. The number of rotatable bonds is 9. The lowest BCUT2D eigenvalue weighted by Crippen LogP contribution is -2.51. The van der Waals surface area contributed by atoms with E-state index < -0.39 is 28.5 Å². The molecule has 0 spiro atoms. The molecule has 2 aromatic rings. The van der Waals surface area contributed by atoms with Crippen LogP contribution in [0.5, 0.6) is 0 Å². The zero-order valence-corrected chi connectivity index (χ0v) is 21.5. The van der Waals surface area contributed by atoms with Crippen molar-refractivity contribution in [2.75, 3.05) is 23.7 Å². The van der Waals surface area contributed by atoms with Crippen molar-refractivity contribution < 1.29 is 18.0 Å². The molecule has 0 saturated carbocycles. The molecular weight excluding hydrogens is 550 g/mol. The molecule has 0 saturated heterocycles. The first-order valence-electron chi connectivity index (χ1n) is 9.58. The highest BCUT2D eigenvalue weighted by Gasteiger charge is 2.30. The van der Waals surface area contributed by atoms with Crippen LogP contribution in [0.15, 0.2) is 57.5 Å². The fourth-order valence-corrected chi connectivity index (χ4v) is 4.91. The third-order valence-corrected chi connectivity index (χ3v) is 6.85. The molecule has 1 unspecified atom stereocenters. The number of nitrogens with one attached hydrogen (secondary N) is 1. The number of carbonyl (C=O) groups excluding carboxylic acids is 2. The van der Waals surface area contributed by atoms with Gasteiger partial charge in [-0.3, -0.25) is 13.9 Å². The summed E-state index contributed by atoms with van der Waals surface area (Å²) in [6.07, 6.45) is 1.05. The first-order chi connectivity index (χ1) is 14.5. The van der Waals surface area contributed by atoms with Crippen LogP contribution in [-0.2, 0) is 26.2 Å². The van der Waals surface area contributed by atoms with Gasteiger partial charge in [0.2, 0.25) is 21.8 Å². The van der Waals surface area contributed by atoms with Gasteiger partial charge in [0.1, 0.15) is 12.6 Å². The predicted octanol–water partition coefficient (Wildman–Crippen LogP) is 3.53. The first-order valence-corrected chi connectivity index (χ1v) is 13.0. The summed E-state index contributed by atoms with van der Waals surface area (Å²) in [4.78, 5) is 27.2. The Bertz CT molecular complexity index is 1050. The van der Waals surface area contributed by atoms with E-state index in [1.54, 1.807) is 38.1 Å². The molecule has 0 aliphatic rings. The van der Waals surface area contributed by atoms with Crippen LogP contribution < -0.4 is 9.62 Å². The quantitative estimate of drug-likeness (QED) is 0.496. The summed E-state index contributed by atoms with van der Waals surface area (Å²) in [5.74, 6) is -0.794. The summed E-state index contributed by atoms with van der Waals surface area (Å²) in [6.45, 7) is 3.57. The molecule has 0 fully saturated rings. The van der Waals surface area contributed by atoms with Gasteiger partial charge in [-0.15, -0.1) is 0 Å². The van der Waals surface area contributed by atoms with Crippen molar-refractivity contribution in [3.63, 3.8) is 0 Å². The van der Waals surface area contributed by atoms with Gasteiger partial charge >= 0.3 is 0 Å². The van der Waals surface area contributed by atoms with Crippen molar-refractivity contribution in [3.05, 3.63) is 63.0 Å². The third kappa shape index (κ3) is 7.05. The number of sulfonamides is 1. The fraction of sp³-hybridized carbons (Fsp3) is 0.333. The van der Waals surface area contributed by atoms with E-state index in [0.717, 1.165) is 20.6 Å². The maximum atomic E-state index is 13.3. The van der Waals surface area contributed by atoms with Crippen LogP contribution in [0.25, 0.3) is 0 Å². The molecule has 0 bridgehead atoms. The molecule has 7 nitrogen and oxygen atoms in total. The highest BCUT2D eigenvalue weighted by molar-refractivity contribution is 9.10. The van der Waals surface area contributed by atoms with Crippen LogP contribution in [-0.4, -0.2) is 50.5 Å². The Morgan fingerprint density at radius 2 is 1.77 bits per heavy atom. The van der Waals surface area contributed by atoms with E-state index in [1.807, 2.05) is 24.3 Å². The lowest BCUT2D eigenvalue weighted by atomic mass is 10.1. The average molecular weight is 575 g/mol. The number of anilines is 1. The Hall–Kier alpha value is -1.91. The first kappa shape index (κ1) is 25.4. The third-order valence-electron chi connectivity index (χ3n) is 4.56. The summed E-state index contributed by atoms with van der Waals surface area (Å²) in [7, 11) is -3.76. The van der Waals surface area contributed by atoms with Crippen molar-refractivity contribution in [1.29, 1.82) is 0 Å². The van der Waals surface area contributed by atoms with Crippen molar-refractivity contribution in [3.8, 4) is 0 Å². The normalized spacial score (nSPS) is 12.2. The molecule has 0 aliphatic heterocycles. The largest absolute Gasteiger partial charge is 0.355 e. The van der Waals surface area contributed by atoms with Gasteiger partial charge < -0.3 is 10.2 Å². The molecule has 2 aromatic carbocycles. The van der Waals surface area contributed by atoms with Gasteiger partial charge in [-0.25, -0.2) is 8.42 Å². The molecule has 0 heterocycles. The molecule has 2 amide bonds. The van der Waals surface area contributed by atoms with E-state index >= 15 is 0 Å². The zero-order chi connectivity index (χ0) is 23.2. The van der Waals surface area contributed by atoms with Crippen LogP contribution in [0, 0.1) is 0 Å². The molecule has 2 rings (SSSR count). The summed E-state index contributed by atoms with van der Waals surface area (Å²) in [5.41, 5.74) is 1.16. The number of carbonyl (C=O) groups is 2. The minimum atomic E-state index is -3.76. The molecule has 168 valence electrons. The molecule has 31 heavy (non-hydrogen) atoms. The van der Waals surface area contributed by atoms with Gasteiger partial charge in [-0.2, -0.15) is 0 Å². The zero-order valence-electron chi connectivity index (χ0n) is 17.5. The van der Waals surface area contributed by atoms with Crippen LogP contribution >= 0.6 is 31.9 Å². The molecule has 0 radical (unpaired) electrons. The lowest BCUT2D eigenvalue weighted by Gasteiger charge is -2.31. The summed E-state index contributed by atoms with van der Waals surface area (Å²) < 4.78 is 27.4. The standard InChI is InChI=1S/C21H25Br2N3O4S/c1-4-24-21(28)15(2)25(13-16-8-7-9-17(22)12-16)20(27)14-26(31(3,29)30)19-11-6-5-10-18(19)23/h5-12,15H,4,13-14H2,1-3H3,(H,24,28). The van der Waals surface area contributed by atoms with Gasteiger partial charge in [-0.1, -0.05) is 40.2 Å². The van der Waals surface area contributed by atoms with E-state index in [4.69, 9.17) is 0 Å². The minimum absolute atomic E-state index is 0.157. The number of amides is 2. The van der Waals surface area contributed by atoms with Crippen LogP contribution in [0.2, 0.25) is 0 Å². The summed E-state index contributed by atoms with van der Waals surface area (Å²) in [5, 5.41) is 2.72. The average Bonchev–Trinajstić information content (AvgIpc) is 2.69. The smallest absolute Gasteiger partial charge is 0.244 e. The Morgan fingerprint density at radius 3 is 2.35 bits per heavy atom. The van der Waals surface area contributed by atoms with Gasteiger partial charge in [-0.05, 0) is 59.6 Å². The Labute approximate surface area is 200 Å². The predicted molar refractivity (Wildman–Crippen MR) is 129 cm³/mol. The Kier molecular flexibility index (Phi) is 9.08. The van der Waals surface area contributed by atoms with Gasteiger partial charge in [0.15, 0.2) is 0 Å². The number of benzene rings is 2. The van der Waals surface area contributed by atoms with Crippen molar-refractivity contribution >= 4 is 59.4 Å². The monoisotopic (exact) mass is 573 g/mol. The lowest BCUT2D eigenvalue weighted by molar-refractivity contribution is -0.139. The molecule has 1 atom stereocenters. The minimum Gasteiger partial charge on any atom is -0.355 e. The second-order valence-corrected chi connectivity index (χ2v) is 10.6. The molecule has 10 heteroatoms. The number of para-hydroxylation sites is 1. The number of likely N-dealkylation sites (N-methyl/N-ethyl adjacent to an activating group) is 1. The fourth-order valence-electron chi connectivity index (χ4n) is 2.99. The highest BCUT2D eigenvalue weighted by Crippen LogP contribution is 2.28. The van der Waals surface area contributed by atoms with E-state index in [-0.39, 0.29) is 12.5 Å². The Morgan fingerprint density at radius 1 is 1.10 bits per heavy atom. The highest BCUT2D eigenvalue weighted by atomic mass is 79.9.